The molecule has 1 aromatic carbocycles. The Kier molecular flexibility index (Phi) is 6.28. The van der Waals surface area contributed by atoms with Gasteiger partial charge in [-0.3, -0.25) is 0 Å². The van der Waals surface area contributed by atoms with E-state index in [9.17, 15) is 0 Å². The Morgan fingerprint density at radius 2 is 1.94 bits per heavy atom. The quantitative estimate of drug-likeness (QED) is 0.469. The van der Waals surface area contributed by atoms with Gasteiger partial charge in [-0.1, -0.05) is 42.5 Å². The Hall–Kier alpha value is -1.34. The third-order valence-corrected chi connectivity index (χ3v) is 2.47. The summed E-state index contributed by atoms with van der Waals surface area (Å²) in [4.78, 5) is 0. The van der Waals surface area contributed by atoms with Gasteiger partial charge in [0.1, 0.15) is 0 Å². The van der Waals surface area contributed by atoms with Crippen molar-refractivity contribution in [1.82, 2.24) is 0 Å². The summed E-state index contributed by atoms with van der Waals surface area (Å²) in [5, 5.41) is 0. The summed E-state index contributed by atoms with van der Waals surface area (Å²) < 4.78 is 5.77. The van der Waals surface area contributed by atoms with Crippen molar-refractivity contribution in [1.29, 1.82) is 0 Å². The highest BCUT2D eigenvalue weighted by Crippen LogP contribution is 2.10. The Balaban J connectivity index is 2.28. The minimum atomic E-state index is 0.153. The van der Waals surface area contributed by atoms with Crippen molar-refractivity contribution >= 4 is 0 Å². The van der Waals surface area contributed by atoms with E-state index in [1.807, 2.05) is 30.4 Å². The van der Waals surface area contributed by atoms with Gasteiger partial charge >= 0.3 is 0 Å². The summed E-state index contributed by atoms with van der Waals surface area (Å²) in [6.07, 6.45) is 7.14. The van der Waals surface area contributed by atoms with Crippen LogP contribution in [0.2, 0.25) is 0 Å². The second-order valence-electron chi connectivity index (χ2n) is 3.79. The van der Waals surface area contributed by atoms with Gasteiger partial charge in [0.15, 0.2) is 0 Å². The average Bonchev–Trinajstić information content (AvgIpc) is 2.35. The standard InChI is InChI=1S/C15H20O/c1-3-5-7-12-15(4-2)16-13-14-10-8-6-9-11-14/h3-4,6,8-11,15H,1-2,5,7,12-13H2. The molecule has 0 saturated carbocycles. The van der Waals surface area contributed by atoms with E-state index in [0.717, 1.165) is 19.3 Å². The van der Waals surface area contributed by atoms with Crippen LogP contribution in [0.1, 0.15) is 24.8 Å². The highest BCUT2D eigenvalue weighted by Gasteiger charge is 2.03. The predicted molar refractivity (Wildman–Crippen MR) is 69.3 cm³/mol. The number of benzene rings is 1. The summed E-state index contributed by atoms with van der Waals surface area (Å²) in [5.74, 6) is 0. The predicted octanol–water partition coefficient (Wildman–Crippen LogP) is 4.11. The zero-order chi connectivity index (χ0) is 11.6. The molecule has 0 aliphatic carbocycles. The van der Waals surface area contributed by atoms with E-state index in [2.05, 4.69) is 25.3 Å². The third-order valence-electron chi connectivity index (χ3n) is 2.47. The second-order valence-corrected chi connectivity index (χ2v) is 3.79. The lowest BCUT2D eigenvalue weighted by Crippen LogP contribution is -2.09. The molecule has 0 aromatic heterocycles. The van der Waals surface area contributed by atoms with Crippen molar-refractivity contribution in [2.75, 3.05) is 0 Å². The van der Waals surface area contributed by atoms with Gasteiger partial charge in [-0.05, 0) is 24.8 Å². The molecule has 0 amide bonds. The minimum Gasteiger partial charge on any atom is -0.369 e. The SMILES string of the molecule is C=CCCCC(C=C)OCc1ccccc1. The number of rotatable bonds is 8. The molecule has 16 heavy (non-hydrogen) atoms. The first kappa shape index (κ1) is 12.7. The maximum atomic E-state index is 5.77. The summed E-state index contributed by atoms with van der Waals surface area (Å²) in [6, 6.07) is 10.2. The fourth-order valence-corrected chi connectivity index (χ4v) is 1.51. The molecular formula is C15H20O. The van der Waals surface area contributed by atoms with E-state index >= 15 is 0 Å². The molecular weight excluding hydrogens is 196 g/mol. The molecule has 0 spiro atoms. The molecule has 0 aliphatic rings. The monoisotopic (exact) mass is 216 g/mol. The molecule has 1 aromatic rings. The summed E-state index contributed by atoms with van der Waals surface area (Å²) in [7, 11) is 0. The average molecular weight is 216 g/mol. The van der Waals surface area contributed by atoms with Crippen LogP contribution in [0, 0.1) is 0 Å². The van der Waals surface area contributed by atoms with Crippen LogP contribution in [0.25, 0.3) is 0 Å². The van der Waals surface area contributed by atoms with Gasteiger partial charge in [0.2, 0.25) is 0 Å². The van der Waals surface area contributed by atoms with E-state index < -0.39 is 0 Å². The van der Waals surface area contributed by atoms with Crippen LogP contribution in [0.15, 0.2) is 55.6 Å². The van der Waals surface area contributed by atoms with Crippen molar-refractivity contribution in [2.45, 2.75) is 32.0 Å². The molecule has 1 nitrogen and oxygen atoms in total. The highest BCUT2D eigenvalue weighted by molar-refractivity contribution is 5.13. The summed E-state index contributed by atoms with van der Waals surface area (Å²) >= 11 is 0. The normalized spacial score (nSPS) is 12.0. The molecule has 0 heterocycles. The van der Waals surface area contributed by atoms with Gasteiger partial charge in [0.05, 0.1) is 12.7 Å². The first-order valence-corrected chi connectivity index (χ1v) is 5.75. The van der Waals surface area contributed by atoms with E-state index in [0.29, 0.717) is 6.61 Å². The summed E-state index contributed by atoms with van der Waals surface area (Å²) in [5.41, 5.74) is 1.21. The Bertz CT molecular complexity index is 302. The first-order valence-electron chi connectivity index (χ1n) is 5.75. The van der Waals surface area contributed by atoms with Crippen LogP contribution in [-0.4, -0.2) is 6.10 Å². The Morgan fingerprint density at radius 3 is 2.56 bits per heavy atom. The molecule has 0 radical (unpaired) electrons. The molecule has 1 atom stereocenters. The zero-order valence-corrected chi connectivity index (χ0v) is 9.77. The highest BCUT2D eigenvalue weighted by atomic mass is 16.5. The lowest BCUT2D eigenvalue weighted by molar-refractivity contribution is 0.0656. The van der Waals surface area contributed by atoms with E-state index in [1.165, 1.54) is 5.56 Å². The Labute approximate surface area is 98.5 Å². The fourth-order valence-electron chi connectivity index (χ4n) is 1.51. The van der Waals surface area contributed by atoms with E-state index in [1.54, 1.807) is 0 Å². The van der Waals surface area contributed by atoms with Crippen LogP contribution in [0.3, 0.4) is 0 Å². The van der Waals surface area contributed by atoms with Crippen LogP contribution in [-0.2, 0) is 11.3 Å². The molecule has 1 rings (SSSR count). The van der Waals surface area contributed by atoms with Gasteiger partial charge < -0.3 is 4.74 Å². The zero-order valence-electron chi connectivity index (χ0n) is 9.77. The molecule has 86 valence electrons. The molecule has 0 N–H and O–H groups in total. The third kappa shape index (κ3) is 4.94. The number of allylic oxidation sites excluding steroid dienone is 1. The topological polar surface area (TPSA) is 9.23 Å². The van der Waals surface area contributed by atoms with Crippen molar-refractivity contribution < 1.29 is 4.74 Å². The molecule has 0 fully saturated rings. The molecule has 0 aliphatic heterocycles. The Morgan fingerprint density at radius 1 is 1.19 bits per heavy atom. The van der Waals surface area contributed by atoms with Gasteiger partial charge in [-0.2, -0.15) is 0 Å². The first-order chi connectivity index (χ1) is 7.86. The van der Waals surface area contributed by atoms with Crippen LogP contribution < -0.4 is 0 Å². The van der Waals surface area contributed by atoms with Crippen molar-refractivity contribution in [3.05, 3.63) is 61.2 Å². The molecule has 1 unspecified atom stereocenters. The number of ether oxygens (including phenoxy) is 1. The smallest absolute Gasteiger partial charge is 0.0757 e. The van der Waals surface area contributed by atoms with E-state index in [4.69, 9.17) is 4.74 Å². The van der Waals surface area contributed by atoms with Crippen molar-refractivity contribution in [2.24, 2.45) is 0 Å². The molecule has 0 saturated heterocycles. The molecule has 0 bridgehead atoms. The number of hydrogen-bond acceptors (Lipinski definition) is 1. The van der Waals surface area contributed by atoms with Crippen LogP contribution in [0.5, 0.6) is 0 Å². The summed E-state index contributed by atoms with van der Waals surface area (Å²) in [6.45, 7) is 8.17. The number of unbranched alkanes of at least 4 members (excludes halogenated alkanes) is 1. The lowest BCUT2D eigenvalue weighted by Gasteiger charge is -2.13. The number of hydrogen-bond donors (Lipinski definition) is 0. The molecule has 1 heteroatoms. The van der Waals surface area contributed by atoms with Gasteiger partial charge in [0.25, 0.3) is 0 Å². The lowest BCUT2D eigenvalue weighted by atomic mass is 10.1. The second kappa shape index (κ2) is 7.89. The van der Waals surface area contributed by atoms with Gasteiger partial charge in [0, 0.05) is 0 Å². The van der Waals surface area contributed by atoms with Crippen molar-refractivity contribution in [3.63, 3.8) is 0 Å². The van der Waals surface area contributed by atoms with Crippen molar-refractivity contribution in [3.8, 4) is 0 Å². The largest absolute Gasteiger partial charge is 0.369 e. The fraction of sp³-hybridized carbons (Fsp3) is 0.333. The van der Waals surface area contributed by atoms with Crippen LogP contribution in [0.4, 0.5) is 0 Å². The van der Waals surface area contributed by atoms with Gasteiger partial charge in [-0.25, -0.2) is 0 Å². The van der Waals surface area contributed by atoms with Gasteiger partial charge in [-0.15, -0.1) is 13.2 Å². The minimum absolute atomic E-state index is 0.153. The van der Waals surface area contributed by atoms with Crippen LogP contribution >= 0.6 is 0 Å². The maximum Gasteiger partial charge on any atom is 0.0757 e. The van der Waals surface area contributed by atoms with E-state index in [-0.39, 0.29) is 6.10 Å². The maximum absolute atomic E-state index is 5.77.